The first kappa shape index (κ1) is 14.7. The Kier molecular flexibility index (Phi) is 3.79. The lowest BCUT2D eigenvalue weighted by Crippen LogP contribution is -2.15. The van der Waals surface area contributed by atoms with Crippen molar-refractivity contribution in [3.63, 3.8) is 0 Å². The van der Waals surface area contributed by atoms with Gasteiger partial charge >= 0.3 is 0 Å². The molecule has 2 unspecified atom stereocenters. The van der Waals surface area contributed by atoms with E-state index in [1.165, 1.54) is 0 Å². The van der Waals surface area contributed by atoms with Gasteiger partial charge in [0.2, 0.25) is 0 Å². The smallest absolute Gasteiger partial charge is 0.261 e. The van der Waals surface area contributed by atoms with E-state index >= 15 is 0 Å². The summed E-state index contributed by atoms with van der Waals surface area (Å²) in [4.78, 5) is 26.2. The zero-order valence-corrected chi connectivity index (χ0v) is 14.2. The highest BCUT2D eigenvalue weighted by Crippen LogP contribution is 2.44. The van der Waals surface area contributed by atoms with Crippen LogP contribution in [0.1, 0.15) is 27.1 Å². The molecule has 6 heteroatoms. The molecule has 2 aliphatic heterocycles. The van der Waals surface area contributed by atoms with Crippen LogP contribution in [0, 0.1) is 0 Å². The predicted octanol–water partition coefficient (Wildman–Crippen LogP) is 2.81. The Labute approximate surface area is 140 Å². The number of carbonyl (C=O) groups is 2. The van der Waals surface area contributed by atoms with E-state index in [0.717, 1.165) is 38.8 Å². The van der Waals surface area contributed by atoms with Crippen LogP contribution in [0.15, 0.2) is 58.3 Å². The van der Waals surface area contributed by atoms with Crippen LogP contribution in [-0.2, 0) is 0 Å². The fourth-order valence-electron chi connectivity index (χ4n) is 3.03. The number of amides is 2. The van der Waals surface area contributed by atoms with Crippen LogP contribution in [0.25, 0.3) is 0 Å². The Morgan fingerprint density at radius 2 is 1.13 bits per heavy atom. The molecule has 4 nitrogen and oxygen atoms in total. The normalized spacial score (nSPS) is 24.7. The van der Waals surface area contributed by atoms with E-state index in [1.54, 1.807) is 0 Å². The molecule has 2 amide bonds. The van der Waals surface area contributed by atoms with Crippen molar-refractivity contribution in [2.24, 2.45) is 0 Å². The van der Waals surface area contributed by atoms with Gasteiger partial charge in [-0.15, -0.1) is 0 Å². The minimum atomic E-state index is -0.601. The molecule has 0 radical (unpaired) electrons. The maximum absolute atomic E-state index is 12.0. The lowest BCUT2D eigenvalue weighted by molar-refractivity contribution is 0.0978. The van der Waals surface area contributed by atoms with Gasteiger partial charge in [0.25, 0.3) is 11.8 Å². The summed E-state index contributed by atoms with van der Waals surface area (Å²) in [6.45, 7) is 0. The Hall–Kier alpha value is -1.92. The zero-order chi connectivity index (χ0) is 15.8. The highest BCUT2D eigenvalue weighted by molar-refractivity contribution is 8.17. The molecule has 0 saturated heterocycles. The quantitative estimate of drug-likeness (QED) is 0.644. The first-order chi connectivity index (χ1) is 11.2. The highest BCUT2D eigenvalue weighted by atomic mass is 32.2. The first-order valence-corrected chi connectivity index (χ1v) is 10.6. The van der Waals surface area contributed by atoms with Gasteiger partial charge in [-0.3, -0.25) is 9.59 Å². The Morgan fingerprint density at radius 3 is 1.61 bits per heavy atom. The number of benzene rings is 2. The average Bonchev–Trinajstić information content (AvgIpc) is 3.07. The Morgan fingerprint density at radius 1 is 0.696 bits per heavy atom. The van der Waals surface area contributed by atoms with E-state index in [-0.39, 0.29) is 11.8 Å². The molecule has 0 spiro atoms. The van der Waals surface area contributed by atoms with Crippen molar-refractivity contribution in [3.8, 4) is 0 Å². The van der Waals surface area contributed by atoms with E-state index in [4.69, 9.17) is 0 Å². The number of rotatable bonds is 4. The summed E-state index contributed by atoms with van der Waals surface area (Å²) in [6, 6.07) is 15.7. The van der Waals surface area contributed by atoms with Crippen molar-refractivity contribution in [1.29, 1.82) is 0 Å². The number of hydrogen-bond donors (Lipinski definition) is 4. The van der Waals surface area contributed by atoms with Gasteiger partial charge in [-0.1, -0.05) is 24.3 Å². The van der Waals surface area contributed by atoms with Gasteiger partial charge in [0.15, 0.2) is 0 Å². The third-order valence-electron chi connectivity index (χ3n) is 4.12. The molecule has 2 N–H and O–H groups in total. The molecule has 2 heterocycles. The number of carbonyl (C=O) groups excluding carboxylic acids is 2. The van der Waals surface area contributed by atoms with Crippen LogP contribution in [0.4, 0.5) is 0 Å². The fraction of sp³-hybridized carbons (Fsp3) is 0.176. The summed E-state index contributed by atoms with van der Waals surface area (Å²) in [5.74, 6) is 2.04. The van der Waals surface area contributed by atoms with Gasteiger partial charge < -0.3 is 9.44 Å². The number of nitrogens with one attached hydrogen (secondary N) is 2. The molecule has 120 valence electrons. The molecule has 2 aromatic rings. The molecule has 0 bridgehead atoms. The summed E-state index contributed by atoms with van der Waals surface area (Å²) < 4.78 is 6.24. The first-order valence-electron chi connectivity index (χ1n) is 7.59. The van der Waals surface area contributed by atoms with Crippen LogP contribution in [-0.4, -0.2) is 23.3 Å². The van der Waals surface area contributed by atoms with Crippen molar-refractivity contribution in [1.82, 2.24) is 9.44 Å². The van der Waals surface area contributed by atoms with E-state index < -0.39 is 22.2 Å². The predicted molar refractivity (Wildman–Crippen MR) is 96.7 cm³/mol. The molecule has 0 saturated carbocycles. The van der Waals surface area contributed by atoms with E-state index in [2.05, 4.69) is 21.6 Å². The van der Waals surface area contributed by atoms with Gasteiger partial charge in [0.1, 0.15) is 0 Å². The largest absolute Gasteiger partial charge is 0.313 e. The van der Waals surface area contributed by atoms with Crippen LogP contribution in [0.5, 0.6) is 0 Å². The minimum absolute atomic E-state index is 0.0527. The Bertz CT molecular complexity index is 728. The summed E-state index contributed by atoms with van der Waals surface area (Å²) in [5, 5.41) is 0. The number of hydrogen-bond acceptors (Lipinski definition) is 2. The van der Waals surface area contributed by atoms with E-state index in [9.17, 15) is 9.59 Å². The van der Waals surface area contributed by atoms with Gasteiger partial charge in [-0.25, -0.2) is 0 Å². The fourth-order valence-corrected chi connectivity index (χ4v) is 7.37. The molecule has 2 aromatic carbocycles. The molecule has 2 aliphatic rings. The van der Waals surface area contributed by atoms with Gasteiger partial charge in [-0.2, -0.15) is 22.2 Å². The van der Waals surface area contributed by atoms with E-state index in [1.807, 2.05) is 36.4 Å². The monoisotopic (exact) mass is 346 g/mol. The maximum Gasteiger partial charge on any atom is 0.261 e. The van der Waals surface area contributed by atoms with Crippen molar-refractivity contribution < 1.29 is 9.59 Å². The van der Waals surface area contributed by atoms with Crippen molar-refractivity contribution in [2.45, 2.75) is 16.2 Å². The lowest BCUT2D eigenvalue weighted by Gasteiger charge is -2.20. The molecule has 0 aromatic heterocycles. The topological polar surface area (TPSA) is 58.2 Å². The number of thiol groups is 2. The van der Waals surface area contributed by atoms with Crippen LogP contribution < -0.4 is 9.44 Å². The van der Waals surface area contributed by atoms with Crippen molar-refractivity contribution in [2.75, 3.05) is 11.5 Å². The third kappa shape index (κ3) is 2.62. The Balaban J connectivity index is 1.41. The van der Waals surface area contributed by atoms with E-state index in [0.29, 0.717) is 0 Å². The molecular weight excluding hydrogens is 328 g/mol. The highest BCUT2D eigenvalue weighted by Gasteiger charge is 2.27. The summed E-state index contributed by atoms with van der Waals surface area (Å²) >= 11 is -1.20. The summed E-state index contributed by atoms with van der Waals surface area (Å²) in [6.07, 6.45) is 1.00. The second-order valence-corrected chi connectivity index (χ2v) is 9.59. The van der Waals surface area contributed by atoms with Crippen LogP contribution in [0.2, 0.25) is 0 Å². The van der Waals surface area contributed by atoms with Crippen LogP contribution >= 0.6 is 22.2 Å². The zero-order valence-electron chi connectivity index (χ0n) is 12.5. The lowest BCUT2D eigenvalue weighted by atomic mass is 10.2. The van der Waals surface area contributed by atoms with Gasteiger partial charge in [0.05, 0.1) is 11.1 Å². The second-order valence-electron chi connectivity index (χ2n) is 5.57. The van der Waals surface area contributed by atoms with Crippen LogP contribution in [0.3, 0.4) is 0 Å². The van der Waals surface area contributed by atoms with Gasteiger partial charge in [-0.05, 0) is 42.2 Å². The maximum atomic E-state index is 12.0. The molecule has 2 atom stereocenters. The van der Waals surface area contributed by atoms with Crippen molar-refractivity contribution >= 4 is 34.0 Å². The third-order valence-corrected chi connectivity index (χ3v) is 8.53. The van der Waals surface area contributed by atoms with Gasteiger partial charge in [0, 0.05) is 9.79 Å². The number of fused-ring (bicyclic) bond motifs is 2. The molecule has 4 rings (SSSR count). The molecular formula is C17H18N2O2S2. The second kappa shape index (κ2) is 5.94. The molecule has 23 heavy (non-hydrogen) atoms. The SMILES string of the molecule is O=C1N[SH](CCC[SH]2NC(=O)c3ccccc32)c2ccccc21. The summed E-state index contributed by atoms with van der Waals surface area (Å²) in [7, 11) is 0. The minimum Gasteiger partial charge on any atom is -0.313 e. The average molecular weight is 346 g/mol. The summed E-state index contributed by atoms with van der Waals surface area (Å²) in [5.41, 5.74) is 1.65. The van der Waals surface area contributed by atoms with Crippen molar-refractivity contribution in [3.05, 3.63) is 59.7 Å². The standard InChI is InChI=1S/C17H18N2O2S2/c20-16-12-6-1-3-8-14(12)22(18-16)10-5-11-23-15-9-4-2-7-13(15)17(21)19-23/h1-4,6-9,22-23H,5,10-11H2,(H,18,20)(H,19,21). The molecule has 0 aliphatic carbocycles. The molecule has 0 fully saturated rings.